The minimum atomic E-state index is -1.17. The van der Waals surface area contributed by atoms with E-state index in [0.29, 0.717) is 41.0 Å². The first-order valence-electron chi connectivity index (χ1n) is 14.9. The van der Waals surface area contributed by atoms with Crippen LogP contribution in [0.5, 0.6) is 0 Å². The summed E-state index contributed by atoms with van der Waals surface area (Å²) >= 11 is 1.71. The predicted molar refractivity (Wildman–Crippen MR) is 161 cm³/mol. The summed E-state index contributed by atoms with van der Waals surface area (Å²) in [5.41, 5.74) is 1.82. The number of thiazole rings is 1. The Morgan fingerprint density at radius 3 is 2.68 bits per heavy atom. The van der Waals surface area contributed by atoms with Crippen molar-refractivity contribution in [2.45, 2.75) is 83.5 Å². The van der Waals surface area contributed by atoms with E-state index in [0.717, 1.165) is 45.8 Å². The molecule has 2 atom stereocenters. The third kappa shape index (κ3) is 4.89. The molecule has 0 unspecified atom stereocenters. The first-order chi connectivity index (χ1) is 19.6. The van der Waals surface area contributed by atoms with E-state index in [-0.39, 0.29) is 12.0 Å². The number of aliphatic hydroxyl groups is 1. The van der Waals surface area contributed by atoms with Crippen LogP contribution < -0.4 is 10.2 Å². The fourth-order valence-electron chi connectivity index (χ4n) is 6.86. The van der Waals surface area contributed by atoms with Gasteiger partial charge in [0.25, 0.3) is 5.91 Å². The molecule has 1 aliphatic carbocycles. The highest BCUT2D eigenvalue weighted by Gasteiger charge is 2.39. The van der Waals surface area contributed by atoms with Crippen molar-refractivity contribution in [1.29, 1.82) is 0 Å². The van der Waals surface area contributed by atoms with Gasteiger partial charge in [0.05, 0.1) is 45.8 Å². The lowest BCUT2D eigenvalue weighted by atomic mass is 9.77. The van der Waals surface area contributed by atoms with Crippen molar-refractivity contribution in [2.24, 2.45) is 11.8 Å². The van der Waals surface area contributed by atoms with E-state index in [1.165, 1.54) is 25.7 Å². The first-order valence-corrected chi connectivity index (χ1v) is 15.7. The summed E-state index contributed by atoms with van der Waals surface area (Å²) in [5.74, 6) is 2.53. The van der Waals surface area contributed by atoms with Gasteiger partial charge in [-0.1, -0.05) is 13.8 Å². The topological polar surface area (TPSA) is 105 Å². The molecule has 0 spiro atoms. The van der Waals surface area contributed by atoms with Crippen LogP contribution in [0.3, 0.4) is 0 Å². The molecule has 4 aromatic rings. The van der Waals surface area contributed by atoms with Crippen LogP contribution in [0.2, 0.25) is 0 Å². The van der Waals surface area contributed by atoms with Gasteiger partial charge >= 0.3 is 0 Å². The zero-order chi connectivity index (χ0) is 28.5. The van der Waals surface area contributed by atoms with Crippen LogP contribution >= 0.6 is 11.3 Å². The van der Waals surface area contributed by atoms with E-state index < -0.39 is 5.60 Å². The molecule has 216 valence electrons. The minimum absolute atomic E-state index is 0.253. The monoisotopic (exact) mass is 574 g/mol. The molecule has 2 N–H and O–H groups in total. The van der Waals surface area contributed by atoms with Gasteiger partial charge in [-0.3, -0.25) is 4.79 Å². The largest absolute Gasteiger partial charge is 0.386 e. The number of benzene rings is 1. The van der Waals surface area contributed by atoms with Gasteiger partial charge in [0, 0.05) is 29.9 Å². The van der Waals surface area contributed by atoms with Gasteiger partial charge in [-0.2, -0.15) is 5.10 Å². The van der Waals surface area contributed by atoms with Crippen LogP contribution in [-0.4, -0.2) is 55.9 Å². The molecule has 0 radical (unpaired) electrons. The number of amides is 1. The normalized spacial score (nSPS) is 24.7. The Bertz CT molecular complexity index is 1610. The summed E-state index contributed by atoms with van der Waals surface area (Å²) < 4.78 is 8.39. The number of carbonyl (C=O) groups is 1. The number of hydrogen-bond donors (Lipinski definition) is 2. The number of anilines is 2. The summed E-state index contributed by atoms with van der Waals surface area (Å²) in [6.45, 7) is 9.65. The second-order valence-corrected chi connectivity index (χ2v) is 14.0. The number of fused-ring (bicyclic) bond motifs is 4. The van der Waals surface area contributed by atoms with Crippen molar-refractivity contribution >= 4 is 44.6 Å². The number of ether oxygens (including phenoxy) is 1. The highest BCUT2D eigenvalue weighted by Crippen LogP contribution is 2.42. The van der Waals surface area contributed by atoms with Gasteiger partial charge in [-0.05, 0) is 76.0 Å². The van der Waals surface area contributed by atoms with E-state index >= 15 is 0 Å². The molecule has 2 bridgehead atoms. The molecular formula is C31H38N6O3S. The lowest BCUT2D eigenvalue weighted by Crippen LogP contribution is -2.37. The summed E-state index contributed by atoms with van der Waals surface area (Å²) in [7, 11) is 0. The number of morpholine rings is 1. The second-order valence-electron chi connectivity index (χ2n) is 12.9. The highest BCUT2D eigenvalue weighted by molar-refractivity contribution is 7.18. The fourth-order valence-corrected chi connectivity index (χ4v) is 8.02. The van der Waals surface area contributed by atoms with E-state index in [1.54, 1.807) is 35.9 Å². The highest BCUT2D eigenvalue weighted by atomic mass is 32.1. The van der Waals surface area contributed by atoms with Crippen LogP contribution in [0.25, 0.3) is 15.9 Å². The molecule has 1 amide bonds. The average molecular weight is 575 g/mol. The number of rotatable bonds is 6. The molecule has 5 heterocycles. The molecule has 41 heavy (non-hydrogen) atoms. The molecule has 3 aromatic heterocycles. The molecule has 2 saturated heterocycles. The van der Waals surface area contributed by atoms with Gasteiger partial charge in [0.1, 0.15) is 11.4 Å². The van der Waals surface area contributed by atoms with Crippen molar-refractivity contribution < 1.29 is 14.6 Å². The van der Waals surface area contributed by atoms with Gasteiger partial charge < -0.3 is 20.1 Å². The standard InChI is InChI=1S/C31H38N6O3S/c1-17(2)18-5-7-19(8-6-18)30-34-25-12-23(31(3,4)39)24(13-26(25)41-30)33-29(38)22-14-32-37-10-9-27(35-28(22)37)36-15-21-11-20(36)16-40-21/h9-10,12-14,17-21,39H,5-8,11,15-16H2,1-4H3,(H,33,38)/t18-,19-,20-,21-/m1/s1. The van der Waals surface area contributed by atoms with Crippen LogP contribution in [0.1, 0.15) is 86.6 Å². The van der Waals surface area contributed by atoms with E-state index in [1.807, 2.05) is 24.4 Å². The van der Waals surface area contributed by atoms with Gasteiger partial charge in [0.15, 0.2) is 5.65 Å². The van der Waals surface area contributed by atoms with Gasteiger partial charge in [0.2, 0.25) is 0 Å². The molecule has 10 heteroatoms. The number of aromatic nitrogens is 4. The Morgan fingerprint density at radius 1 is 1.20 bits per heavy atom. The molecule has 3 aliphatic rings. The number of hydrogen-bond acceptors (Lipinski definition) is 8. The predicted octanol–water partition coefficient (Wildman–Crippen LogP) is 5.73. The molecule has 3 fully saturated rings. The van der Waals surface area contributed by atoms with E-state index in [9.17, 15) is 9.90 Å². The van der Waals surface area contributed by atoms with Crippen LogP contribution in [0, 0.1) is 11.8 Å². The number of nitrogens with zero attached hydrogens (tertiary/aromatic N) is 5. The maximum Gasteiger partial charge on any atom is 0.261 e. The summed E-state index contributed by atoms with van der Waals surface area (Å²) in [4.78, 5) is 25.8. The third-order valence-corrected chi connectivity index (χ3v) is 10.5. The van der Waals surface area contributed by atoms with Crippen molar-refractivity contribution in [3.8, 4) is 0 Å². The maximum absolute atomic E-state index is 13.7. The van der Waals surface area contributed by atoms with Crippen molar-refractivity contribution in [3.05, 3.63) is 46.7 Å². The van der Waals surface area contributed by atoms with Crippen molar-refractivity contribution in [2.75, 3.05) is 23.4 Å². The van der Waals surface area contributed by atoms with Crippen molar-refractivity contribution in [3.63, 3.8) is 0 Å². The Morgan fingerprint density at radius 2 is 2.00 bits per heavy atom. The molecule has 2 aliphatic heterocycles. The summed E-state index contributed by atoms with van der Waals surface area (Å²) in [5, 5.41) is 19.7. The van der Waals surface area contributed by atoms with Crippen LogP contribution in [0.4, 0.5) is 11.5 Å². The van der Waals surface area contributed by atoms with Gasteiger partial charge in [-0.25, -0.2) is 14.5 Å². The zero-order valence-electron chi connectivity index (χ0n) is 24.1. The lowest BCUT2D eigenvalue weighted by Gasteiger charge is -2.29. The van der Waals surface area contributed by atoms with Crippen LogP contribution in [-0.2, 0) is 10.3 Å². The third-order valence-electron chi connectivity index (χ3n) is 9.31. The number of nitrogens with one attached hydrogen (secondary N) is 1. The second kappa shape index (κ2) is 10.0. The zero-order valence-corrected chi connectivity index (χ0v) is 24.9. The summed E-state index contributed by atoms with van der Waals surface area (Å²) in [6, 6.07) is 6.17. The molecular weight excluding hydrogens is 536 g/mol. The smallest absolute Gasteiger partial charge is 0.261 e. The molecule has 7 rings (SSSR count). The molecule has 9 nitrogen and oxygen atoms in total. The molecule has 1 saturated carbocycles. The Balaban J connectivity index is 1.18. The van der Waals surface area contributed by atoms with E-state index in [2.05, 4.69) is 29.2 Å². The van der Waals surface area contributed by atoms with Gasteiger partial charge in [-0.15, -0.1) is 11.3 Å². The fraction of sp³-hybridized carbons (Fsp3) is 0.548. The summed E-state index contributed by atoms with van der Waals surface area (Å²) in [6.07, 6.45) is 9.50. The molecule has 1 aromatic carbocycles. The van der Waals surface area contributed by atoms with Crippen molar-refractivity contribution in [1.82, 2.24) is 19.6 Å². The average Bonchev–Trinajstić information content (AvgIpc) is 3.74. The van der Waals surface area contributed by atoms with E-state index in [4.69, 9.17) is 14.7 Å². The SMILES string of the molecule is CC(C)[C@H]1CC[C@H](c2nc3cc(C(C)(C)O)c(NC(=O)c4cnn5ccc(N6C[C@H]7C[C@@H]6CO7)nc45)cc3s2)CC1. The Hall–Kier alpha value is -3.08. The van der Waals surface area contributed by atoms with Crippen LogP contribution in [0.15, 0.2) is 30.6 Å². The Kier molecular flexibility index (Phi) is 6.55. The number of carbonyl (C=O) groups excluding carboxylic acids is 1. The maximum atomic E-state index is 13.7. The minimum Gasteiger partial charge on any atom is -0.386 e. The lowest BCUT2D eigenvalue weighted by molar-refractivity contribution is 0.0794. The Labute approximate surface area is 243 Å². The quantitative estimate of drug-likeness (QED) is 0.303. The first kappa shape index (κ1) is 26.8.